The van der Waals surface area contributed by atoms with Crippen molar-refractivity contribution in [2.75, 3.05) is 18.8 Å². The van der Waals surface area contributed by atoms with Crippen LogP contribution in [-0.2, 0) is 14.6 Å². The second-order valence-electron chi connectivity index (χ2n) is 5.45. The van der Waals surface area contributed by atoms with Gasteiger partial charge in [0, 0.05) is 12.6 Å². The maximum Gasteiger partial charge on any atom is 0.233 e. The molecule has 1 heterocycles. The molecular weight excluding hydrogens is 276 g/mol. The van der Waals surface area contributed by atoms with Crippen molar-refractivity contribution in [1.82, 2.24) is 10.6 Å². The van der Waals surface area contributed by atoms with Crippen molar-refractivity contribution in [2.24, 2.45) is 5.92 Å². The molecule has 0 radical (unpaired) electrons. The predicted octanol–water partition coefficient (Wildman–Crippen LogP) is 0.877. The lowest BCUT2D eigenvalue weighted by Crippen LogP contribution is -2.37. The molecule has 2 rings (SSSR count). The van der Waals surface area contributed by atoms with Crippen molar-refractivity contribution in [2.45, 2.75) is 24.8 Å². The van der Waals surface area contributed by atoms with Gasteiger partial charge in [-0.05, 0) is 17.5 Å². The maximum absolute atomic E-state index is 12.0. The lowest BCUT2D eigenvalue weighted by atomic mass is 10.1. The summed E-state index contributed by atoms with van der Waals surface area (Å²) in [6, 6.07) is 6.64. The highest BCUT2D eigenvalue weighted by Crippen LogP contribution is 2.32. The van der Waals surface area contributed by atoms with E-state index in [9.17, 15) is 13.2 Å². The monoisotopic (exact) mass is 296 g/mol. The molecule has 1 aliphatic rings. The van der Waals surface area contributed by atoms with E-state index in [0.717, 1.165) is 5.56 Å². The highest BCUT2D eigenvalue weighted by molar-refractivity contribution is 7.91. The van der Waals surface area contributed by atoms with Gasteiger partial charge < -0.3 is 10.6 Å². The molecule has 0 saturated carbocycles. The summed E-state index contributed by atoms with van der Waals surface area (Å²) >= 11 is 0. The van der Waals surface area contributed by atoms with E-state index in [1.807, 2.05) is 19.9 Å². The molecule has 1 atom stereocenters. The van der Waals surface area contributed by atoms with Crippen molar-refractivity contribution in [1.29, 1.82) is 0 Å². The van der Waals surface area contributed by atoms with Gasteiger partial charge in [-0.15, -0.1) is 0 Å². The SMILES string of the molecule is CC(C)CNC(=O)CNC1CS(=O)(=O)c2ccccc21. The molecular formula is C14H20N2O3S. The normalized spacial score (nSPS) is 19.9. The van der Waals surface area contributed by atoms with Gasteiger partial charge in [-0.25, -0.2) is 8.42 Å². The lowest BCUT2D eigenvalue weighted by Gasteiger charge is -2.13. The van der Waals surface area contributed by atoms with E-state index in [4.69, 9.17) is 0 Å². The first-order valence-corrected chi connectivity index (χ1v) is 8.37. The predicted molar refractivity (Wildman–Crippen MR) is 77.1 cm³/mol. The van der Waals surface area contributed by atoms with Crippen LogP contribution in [0.1, 0.15) is 25.5 Å². The van der Waals surface area contributed by atoms with Gasteiger partial charge in [0.05, 0.1) is 17.2 Å². The molecule has 1 amide bonds. The molecule has 1 aromatic rings. The summed E-state index contributed by atoms with van der Waals surface area (Å²) < 4.78 is 24.0. The fourth-order valence-corrected chi connectivity index (χ4v) is 3.99. The Morgan fingerprint density at radius 3 is 2.75 bits per heavy atom. The van der Waals surface area contributed by atoms with Crippen LogP contribution >= 0.6 is 0 Å². The van der Waals surface area contributed by atoms with Crippen molar-refractivity contribution < 1.29 is 13.2 Å². The Hall–Kier alpha value is -1.40. The first-order chi connectivity index (χ1) is 9.40. The van der Waals surface area contributed by atoms with Gasteiger partial charge in [0.25, 0.3) is 0 Å². The number of hydrogen-bond donors (Lipinski definition) is 2. The molecule has 0 bridgehead atoms. The van der Waals surface area contributed by atoms with Crippen molar-refractivity contribution in [3.8, 4) is 0 Å². The summed E-state index contributed by atoms with van der Waals surface area (Å²) in [6.07, 6.45) is 0. The molecule has 20 heavy (non-hydrogen) atoms. The highest BCUT2D eigenvalue weighted by atomic mass is 32.2. The van der Waals surface area contributed by atoms with E-state index in [-0.39, 0.29) is 24.2 Å². The molecule has 5 nitrogen and oxygen atoms in total. The minimum absolute atomic E-state index is 0.0177. The summed E-state index contributed by atoms with van der Waals surface area (Å²) in [5.74, 6) is 0.302. The average molecular weight is 296 g/mol. The van der Waals surface area contributed by atoms with E-state index >= 15 is 0 Å². The maximum atomic E-state index is 12.0. The molecule has 0 fully saturated rings. The van der Waals surface area contributed by atoms with Gasteiger partial charge >= 0.3 is 0 Å². The van der Waals surface area contributed by atoms with Gasteiger partial charge in [-0.1, -0.05) is 32.0 Å². The Morgan fingerprint density at radius 1 is 1.35 bits per heavy atom. The summed E-state index contributed by atoms with van der Waals surface area (Å²) in [7, 11) is -3.22. The third-order valence-corrected chi connectivity index (χ3v) is 5.05. The summed E-state index contributed by atoms with van der Waals surface area (Å²) in [6.45, 7) is 4.79. The molecule has 2 N–H and O–H groups in total. The first-order valence-electron chi connectivity index (χ1n) is 6.72. The van der Waals surface area contributed by atoms with Crippen LogP contribution in [0.25, 0.3) is 0 Å². The number of carbonyl (C=O) groups excluding carboxylic acids is 1. The van der Waals surface area contributed by atoms with Crippen LogP contribution in [0.3, 0.4) is 0 Å². The van der Waals surface area contributed by atoms with E-state index in [2.05, 4.69) is 10.6 Å². The van der Waals surface area contributed by atoms with Crippen LogP contribution < -0.4 is 10.6 Å². The quantitative estimate of drug-likeness (QED) is 0.845. The minimum Gasteiger partial charge on any atom is -0.355 e. The second kappa shape index (κ2) is 5.93. The van der Waals surface area contributed by atoms with E-state index in [1.165, 1.54) is 0 Å². The Balaban J connectivity index is 1.97. The molecule has 0 aromatic heterocycles. The Morgan fingerprint density at radius 2 is 2.05 bits per heavy atom. The Labute approximate surface area is 119 Å². The summed E-state index contributed by atoms with van der Waals surface area (Å²) in [5.41, 5.74) is 0.754. The molecule has 110 valence electrons. The Bertz CT molecular complexity index is 596. The van der Waals surface area contributed by atoms with Crippen LogP contribution in [-0.4, -0.2) is 33.2 Å². The van der Waals surface area contributed by atoms with Gasteiger partial charge in [0.15, 0.2) is 9.84 Å². The van der Waals surface area contributed by atoms with Crippen molar-refractivity contribution in [3.05, 3.63) is 29.8 Å². The lowest BCUT2D eigenvalue weighted by molar-refractivity contribution is -0.120. The molecule has 0 saturated heterocycles. The standard InChI is InChI=1S/C14H20N2O3S/c1-10(2)7-16-14(17)8-15-12-9-20(18,19)13-6-4-3-5-11(12)13/h3-6,10,12,15H,7-9H2,1-2H3,(H,16,17). The van der Waals surface area contributed by atoms with E-state index < -0.39 is 9.84 Å². The molecule has 6 heteroatoms. The van der Waals surface area contributed by atoms with Crippen LogP contribution in [0.15, 0.2) is 29.2 Å². The van der Waals surface area contributed by atoms with Crippen molar-refractivity contribution >= 4 is 15.7 Å². The fourth-order valence-electron chi connectivity index (χ4n) is 2.22. The molecule has 1 unspecified atom stereocenters. The molecule has 1 aliphatic heterocycles. The topological polar surface area (TPSA) is 75.3 Å². The summed E-state index contributed by atoms with van der Waals surface area (Å²) in [4.78, 5) is 12.0. The first kappa shape index (κ1) is 15.0. The largest absolute Gasteiger partial charge is 0.355 e. The van der Waals surface area contributed by atoms with Gasteiger partial charge in [-0.3, -0.25) is 4.79 Å². The zero-order valence-electron chi connectivity index (χ0n) is 11.7. The smallest absolute Gasteiger partial charge is 0.233 e. The number of hydrogen-bond acceptors (Lipinski definition) is 4. The third kappa shape index (κ3) is 3.37. The molecule has 1 aromatic carbocycles. The number of nitrogens with one attached hydrogen (secondary N) is 2. The minimum atomic E-state index is -3.22. The molecule has 0 spiro atoms. The third-order valence-electron chi connectivity index (χ3n) is 3.23. The second-order valence-corrected chi connectivity index (χ2v) is 7.45. The molecule has 0 aliphatic carbocycles. The number of benzene rings is 1. The zero-order chi connectivity index (χ0) is 14.8. The Kier molecular flexibility index (Phi) is 4.45. The average Bonchev–Trinajstić information content (AvgIpc) is 2.66. The highest BCUT2D eigenvalue weighted by Gasteiger charge is 2.34. The number of rotatable bonds is 5. The van der Waals surface area contributed by atoms with Crippen LogP contribution in [0.5, 0.6) is 0 Å². The van der Waals surface area contributed by atoms with Gasteiger partial charge in [0.2, 0.25) is 5.91 Å². The van der Waals surface area contributed by atoms with Crippen LogP contribution in [0.2, 0.25) is 0 Å². The number of sulfone groups is 1. The van der Waals surface area contributed by atoms with E-state index in [0.29, 0.717) is 17.4 Å². The number of amides is 1. The zero-order valence-corrected chi connectivity index (χ0v) is 12.5. The van der Waals surface area contributed by atoms with Crippen LogP contribution in [0, 0.1) is 5.92 Å². The number of fused-ring (bicyclic) bond motifs is 1. The van der Waals surface area contributed by atoms with Gasteiger partial charge in [-0.2, -0.15) is 0 Å². The van der Waals surface area contributed by atoms with Crippen molar-refractivity contribution in [3.63, 3.8) is 0 Å². The number of carbonyl (C=O) groups is 1. The fraction of sp³-hybridized carbons (Fsp3) is 0.500. The summed E-state index contributed by atoms with van der Waals surface area (Å²) in [5, 5.41) is 5.83. The van der Waals surface area contributed by atoms with Gasteiger partial charge in [0.1, 0.15) is 0 Å². The van der Waals surface area contributed by atoms with E-state index in [1.54, 1.807) is 18.2 Å². The van der Waals surface area contributed by atoms with Crippen LogP contribution in [0.4, 0.5) is 0 Å².